The molecule has 1 atom stereocenters. The molecule has 3 rings (SSSR count). The molecular formula is C15H17N7OS. The minimum atomic E-state index is -0.288. The van der Waals surface area contributed by atoms with Crippen molar-refractivity contribution in [3.8, 4) is 5.95 Å². The van der Waals surface area contributed by atoms with Gasteiger partial charge in [0, 0.05) is 35.9 Å². The number of rotatable bonds is 5. The molecule has 0 saturated carbocycles. The summed E-state index contributed by atoms with van der Waals surface area (Å²) in [6.07, 6.45) is 6.46. The molecule has 2 amide bonds. The lowest BCUT2D eigenvalue weighted by atomic mass is 10.2. The Balaban J connectivity index is 1.53. The Hall–Kier alpha value is -2.81. The highest BCUT2D eigenvalue weighted by Gasteiger charge is 2.12. The van der Waals surface area contributed by atoms with E-state index in [9.17, 15) is 4.79 Å². The molecule has 0 fully saturated rings. The van der Waals surface area contributed by atoms with Crippen LogP contribution < -0.4 is 10.6 Å². The second kappa shape index (κ2) is 7.18. The average Bonchev–Trinajstić information content (AvgIpc) is 3.23. The predicted molar refractivity (Wildman–Crippen MR) is 91.4 cm³/mol. The summed E-state index contributed by atoms with van der Waals surface area (Å²) in [4.78, 5) is 24.6. The summed E-state index contributed by atoms with van der Waals surface area (Å²) in [5.74, 6) is 0.605. The third-order valence-corrected chi connectivity index (χ3v) is 4.42. The average molecular weight is 343 g/mol. The topological polar surface area (TPSA) is 97.6 Å². The number of nitrogens with one attached hydrogen (secondary N) is 2. The number of nitrogens with zero attached hydrogens (tertiary/aromatic N) is 5. The molecule has 0 radical (unpaired) electrons. The second-order valence-electron chi connectivity index (χ2n) is 5.29. The van der Waals surface area contributed by atoms with Crippen molar-refractivity contribution in [3.63, 3.8) is 0 Å². The molecule has 3 aromatic rings. The Morgan fingerprint density at radius 1 is 1.38 bits per heavy atom. The minimum Gasteiger partial charge on any atom is -0.337 e. The van der Waals surface area contributed by atoms with Crippen LogP contribution in [0.25, 0.3) is 5.95 Å². The van der Waals surface area contributed by atoms with Gasteiger partial charge in [-0.1, -0.05) is 6.92 Å². The number of amides is 2. The fourth-order valence-corrected chi connectivity index (χ4v) is 2.87. The third-order valence-electron chi connectivity index (χ3n) is 3.22. The Morgan fingerprint density at radius 3 is 2.88 bits per heavy atom. The second-order valence-corrected chi connectivity index (χ2v) is 6.18. The first-order chi connectivity index (χ1) is 11.6. The quantitative estimate of drug-likeness (QED) is 0.741. The van der Waals surface area contributed by atoms with Gasteiger partial charge in [0.15, 0.2) is 0 Å². The van der Waals surface area contributed by atoms with Gasteiger partial charge in [-0.2, -0.15) is 5.10 Å². The first-order valence-corrected chi connectivity index (χ1v) is 8.28. The summed E-state index contributed by atoms with van der Waals surface area (Å²) >= 11 is 1.60. The molecule has 124 valence electrons. The fraction of sp³-hybridized carbons (Fsp3) is 0.267. The van der Waals surface area contributed by atoms with Gasteiger partial charge in [-0.05, 0) is 13.0 Å². The Bertz CT molecular complexity index is 814. The predicted octanol–water partition coefficient (Wildman–Crippen LogP) is 2.35. The molecule has 3 heterocycles. The van der Waals surface area contributed by atoms with E-state index in [1.165, 1.54) is 4.68 Å². The van der Waals surface area contributed by atoms with E-state index in [-0.39, 0.29) is 11.9 Å². The zero-order valence-electron chi connectivity index (χ0n) is 13.3. The number of aromatic nitrogens is 5. The monoisotopic (exact) mass is 343 g/mol. The smallest absolute Gasteiger partial charge is 0.319 e. The number of carbonyl (C=O) groups excluding carboxylic acids is 1. The molecular weight excluding hydrogens is 326 g/mol. The molecule has 0 saturated heterocycles. The normalized spacial score (nSPS) is 11.9. The maximum atomic E-state index is 12.0. The van der Waals surface area contributed by atoms with E-state index in [0.717, 1.165) is 10.7 Å². The lowest BCUT2D eigenvalue weighted by Crippen LogP contribution is -2.31. The van der Waals surface area contributed by atoms with Crippen LogP contribution in [0.2, 0.25) is 0 Å². The maximum absolute atomic E-state index is 12.0. The molecule has 0 aromatic carbocycles. The molecule has 0 aliphatic rings. The van der Waals surface area contributed by atoms with Gasteiger partial charge in [0.1, 0.15) is 0 Å². The van der Waals surface area contributed by atoms with E-state index in [1.807, 2.05) is 19.2 Å². The van der Waals surface area contributed by atoms with Gasteiger partial charge in [0.05, 0.1) is 23.1 Å². The van der Waals surface area contributed by atoms with Gasteiger partial charge in [-0.15, -0.1) is 11.3 Å². The van der Waals surface area contributed by atoms with Gasteiger partial charge < -0.3 is 10.6 Å². The fourth-order valence-electron chi connectivity index (χ4n) is 2.01. The molecule has 0 spiro atoms. The van der Waals surface area contributed by atoms with E-state index in [2.05, 4.69) is 30.7 Å². The SMILES string of the molecule is Cc1csc([C@@H](C)CNC(=O)Nc2cnn(-c3ncccn3)c2)n1. The van der Waals surface area contributed by atoms with Crippen molar-refractivity contribution < 1.29 is 4.79 Å². The van der Waals surface area contributed by atoms with E-state index in [4.69, 9.17) is 0 Å². The number of urea groups is 1. The molecule has 0 unspecified atom stereocenters. The summed E-state index contributed by atoms with van der Waals surface area (Å²) in [6, 6.07) is 1.44. The zero-order chi connectivity index (χ0) is 16.9. The highest BCUT2D eigenvalue weighted by Crippen LogP contribution is 2.18. The lowest BCUT2D eigenvalue weighted by molar-refractivity contribution is 0.251. The van der Waals surface area contributed by atoms with Crippen LogP contribution >= 0.6 is 11.3 Å². The van der Waals surface area contributed by atoms with Crippen molar-refractivity contribution in [2.75, 3.05) is 11.9 Å². The van der Waals surface area contributed by atoms with E-state index < -0.39 is 0 Å². The zero-order valence-corrected chi connectivity index (χ0v) is 14.1. The first-order valence-electron chi connectivity index (χ1n) is 7.41. The van der Waals surface area contributed by atoms with E-state index in [0.29, 0.717) is 18.2 Å². The van der Waals surface area contributed by atoms with Crippen molar-refractivity contribution in [3.05, 3.63) is 46.9 Å². The standard InChI is InChI=1S/C15H17N7OS/c1-10(13-20-11(2)9-24-13)6-18-15(23)21-12-7-19-22(8-12)14-16-4-3-5-17-14/h3-5,7-10H,6H2,1-2H3,(H2,18,21,23)/t10-/m0/s1. The number of thiazole rings is 1. The summed E-state index contributed by atoms with van der Waals surface area (Å²) in [6.45, 7) is 4.50. The van der Waals surface area contributed by atoms with Gasteiger partial charge in [-0.25, -0.2) is 24.4 Å². The molecule has 0 aliphatic heterocycles. The van der Waals surface area contributed by atoms with Crippen LogP contribution in [0.1, 0.15) is 23.5 Å². The summed E-state index contributed by atoms with van der Waals surface area (Å²) < 4.78 is 1.50. The maximum Gasteiger partial charge on any atom is 0.319 e. The van der Waals surface area contributed by atoms with Gasteiger partial charge in [0.2, 0.25) is 5.95 Å². The van der Waals surface area contributed by atoms with Crippen LogP contribution in [0.5, 0.6) is 0 Å². The number of anilines is 1. The first kappa shape index (κ1) is 16.1. The molecule has 8 nitrogen and oxygen atoms in total. The van der Waals surface area contributed by atoms with Crippen molar-refractivity contribution in [2.45, 2.75) is 19.8 Å². The van der Waals surface area contributed by atoms with Crippen LogP contribution in [-0.2, 0) is 0 Å². The lowest BCUT2D eigenvalue weighted by Gasteiger charge is -2.10. The summed E-state index contributed by atoms with van der Waals surface area (Å²) in [5.41, 5.74) is 1.57. The summed E-state index contributed by atoms with van der Waals surface area (Å²) in [5, 5.41) is 12.7. The molecule has 9 heteroatoms. The number of hydrogen-bond acceptors (Lipinski definition) is 6. The van der Waals surface area contributed by atoms with Crippen molar-refractivity contribution in [1.29, 1.82) is 0 Å². The van der Waals surface area contributed by atoms with E-state index >= 15 is 0 Å². The number of hydrogen-bond donors (Lipinski definition) is 2. The largest absolute Gasteiger partial charge is 0.337 e. The van der Waals surface area contributed by atoms with Crippen molar-refractivity contribution in [1.82, 2.24) is 30.0 Å². The van der Waals surface area contributed by atoms with Crippen molar-refractivity contribution >= 4 is 23.1 Å². The molecule has 0 bridgehead atoms. The highest BCUT2D eigenvalue weighted by molar-refractivity contribution is 7.09. The Labute approximate surface area is 143 Å². The molecule has 0 aliphatic carbocycles. The highest BCUT2D eigenvalue weighted by atomic mass is 32.1. The van der Waals surface area contributed by atoms with Crippen LogP contribution in [0.15, 0.2) is 36.2 Å². The van der Waals surface area contributed by atoms with Crippen LogP contribution in [0, 0.1) is 6.92 Å². The minimum absolute atomic E-state index is 0.162. The van der Waals surface area contributed by atoms with E-state index in [1.54, 1.807) is 42.2 Å². The Kier molecular flexibility index (Phi) is 4.80. The van der Waals surface area contributed by atoms with Gasteiger partial charge >= 0.3 is 6.03 Å². The Morgan fingerprint density at radius 2 is 2.17 bits per heavy atom. The molecule has 24 heavy (non-hydrogen) atoms. The molecule has 3 aromatic heterocycles. The van der Waals surface area contributed by atoms with Crippen LogP contribution in [0.4, 0.5) is 10.5 Å². The number of carbonyl (C=O) groups is 1. The van der Waals surface area contributed by atoms with Crippen LogP contribution in [-0.4, -0.2) is 37.3 Å². The third kappa shape index (κ3) is 3.93. The van der Waals surface area contributed by atoms with Gasteiger partial charge in [0.25, 0.3) is 0 Å². The number of aryl methyl sites for hydroxylation is 1. The van der Waals surface area contributed by atoms with Crippen molar-refractivity contribution in [2.24, 2.45) is 0 Å². The van der Waals surface area contributed by atoms with Crippen LogP contribution in [0.3, 0.4) is 0 Å². The van der Waals surface area contributed by atoms with Gasteiger partial charge in [-0.3, -0.25) is 0 Å². The molecule has 2 N–H and O–H groups in total. The summed E-state index contributed by atoms with van der Waals surface area (Å²) in [7, 11) is 0.